The highest BCUT2D eigenvalue weighted by atomic mass is 35.5. The third-order valence-corrected chi connectivity index (χ3v) is 2.33. The van der Waals surface area contributed by atoms with Crippen LogP contribution in [0.3, 0.4) is 0 Å². The fraction of sp³-hybridized carbons (Fsp3) is 0.857. The predicted octanol–water partition coefficient (Wildman–Crippen LogP) is 1.03. The molecule has 0 aliphatic heterocycles. The number of aromatic nitrogens is 4. The molecule has 5 nitrogen and oxygen atoms in total. The first-order chi connectivity index (χ1) is 6.24. The Bertz CT molecular complexity index is 249. The largest absolute Gasteiger partial charge is 0.353 e. The van der Waals surface area contributed by atoms with Crippen LogP contribution in [0.2, 0.25) is 0 Å². The molecule has 0 saturated heterocycles. The molecule has 1 rings (SSSR count). The van der Waals surface area contributed by atoms with E-state index in [4.69, 9.17) is 11.6 Å². The van der Waals surface area contributed by atoms with Gasteiger partial charge in [-0.3, -0.25) is 0 Å². The Morgan fingerprint density at radius 2 is 2.38 bits per heavy atom. The van der Waals surface area contributed by atoms with Gasteiger partial charge in [0.2, 0.25) is 5.95 Å². The quantitative estimate of drug-likeness (QED) is 0.727. The van der Waals surface area contributed by atoms with Gasteiger partial charge in [0.05, 0.1) is 0 Å². The van der Waals surface area contributed by atoms with Crippen molar-refractivity contribution in [1.82, 2.24) is 20.2 Å². The third-order valence-electron chi connectivity index (χ3n) is 1.80. The average molecular weight is 204 g/mol. The molecular weight excluding hydrogens is 190 g/mol. The van der Waals surface area contributed by atoms with Crippen LogP contribution in [0.15, 0.2) is 0 Å². The van der Waals surface area contributed by atoms with Crippen molar-refractivity contribution in [3.8, 4) is 0 Å². The molecule has 6 heteroatoms. The van der Waals surface area contributed by atoms with Gasteiger partial charge in [-0.2, -0.15) is 0 Å². The van der Waals surface area contributed by atoms with Gasteiger partial charge in [-0.15, -0.1) is 11.6 Å². The number of anilines is 1. The fourth-order valence-electron chi connectivity index (χ4n) is 0.924. The zero-order valence-corrected chi connectivity index (χ0v) is 8.62. The van der Waals surface area contributed by atoms with E-state index in [1.54, 1.807) is 11.7 Å². The van der Waals surface area contributed by atoms with E-state index < -0.39 is 0 Å². The second-order valence-corrected chi connectivity index (χ2v) is 3.46. The number of hydrogen-bond acceptors (Lipinski definition) is 4. The maximum atomic E-state index is 5.95. The fourth-order valence-corrected chi connectivity index (χ4v) is 1.03. The molecule has 1 unspecified atom stereocenters. The van der Waals surface area contributed by atoms with Gasteiger partial charge < -0.3 is 5.32 Å². The molecule has 74 valence electrons. The first-order valence-corrected chi connectivity index (χ1v) is 4.78. The summed E-state index contributed by atoms with van der Waals surface area (Å²) in [5.41, 5.74) is 0. The molecule has 1 aromatic rings. The van der Waals surface area contributed by atoms with E-state index in [-0.39, 0.29) is 5.38 Å². The Morgan fingerprint density at radius 3 is 2.92 bits per heavy atom. The summed E-state index contributed by atoms with van der Waals surface area (Å²) in [6, 6.07) is 0. The van der Waals surface area contributed by atoms with E-state index >= 15 is 0 Å². The number of alkyl halides is 1. The van der Waals surface area contributed by atoms with Crippen LogP contribution in [0.5, 0.6) is 0 Å². The van der Waals surface area contributed by atoms with Crippen LogP contribution < -0.4 is 5.32 Å². The highest BCUT2D eigenvalue weighted by Crippen LogP contribution is 2.06. The number of nitrogens with zero attached hydrogens (tertiary/aromatic N) is 4. The lowest BCUT2D eigenvalue weighted by Gasteiger charge is -2.06. The van der Waals surface area contributed by atoms with Gasteiger partial charge in [0, 0.05) is 19.0 Å². The molecule has 0 saturated carbocycles. The van der Waals surface area contributed by atoms with Gasteiger partial charge in [-0.25, -0.2) is 4.68 Å². The summed E-state index contributed by atoms with van der Waals surface area (Å²) >= 11 is 5.95. The molecule has 0 amide bonds. The van der Waals surface area contributed by atoms with Crippen molar-refractivity contribution >= 4 is 17.5 Å². The van der Waals surface area contributed by atoms with Crippen LogP contribution in [0.1, 0.15) is 19.8 Å². The molecule has 0 aliphatic carbocycles. The molecule has 1 atom stereocenters. The van der Waals surface area contributed by atoms with E-state index in [9.17, 15) is 0 Å². The van der Waals surface area contributed by atoms with E-state index in [2.05, 4.69) is 27.8 Å². The first kappa shape index (κ1) is 10.2. The summed E-state index contributed by atoms with van der Waals surface area (Å²) in [4.78, 5) is 0. The third kappa shape index (κ3) is 3.18. The van der Waals surface area contributed by atoms with Crippen LogP contribution >= 0.6 is 11.6 Å². The lowest BCUT2D eigenvalue weighted by molar-refractivity contribution is 0.705. The van der Waals surface area contributed by atoms with Crippen molar-refractivity contribution in [3.05, 3.63) is 0 Å². The van der Waals surface area contributed by atoms with E-state index in [1.807, 2.05) is 0 Å². The maximum Gasteiger partial charge on any atom is 0.242 e. The van der Waals surface area contributed by atoms with Crippen LogP contribution in [0, 0.1) is 0 Å². The summed E-state index contributed by atoms with van der Waals surface area (Å²) in [5, 5.41) is 14.3. The number of rotatable bonds is 5. The Morgan fingerprint density at radius 1 is 1.62 bits per heavy atom. The summed E-state index contributed by atoms with van der Waals surface area (Å²) in [7, 11) is 1.79. The molecule has 0 radical (unpaired) electrons. The maximum absolute atomic E-state index is 5.95. The summed E-state index contributed by atoms with van der Waals surface area (Å²) in [6.45, 7) is 2.87. The predicted molar refractivity (Wildman–Crippen MR) is 51.8 cm³/mol. The monoisotopic (exact) mass is 203 g/mol. The minimum Gasteiger partial charge on any atom is -0.353 e. The van der Waals surface area contributed by atoms with Crippen molar-refractivity contribution in [2.24, 2.45) is 7.05 Å². The second-order valence-electron chi connectivity index (χ2n) is 2.85. The number of halogens is 1. The lowest BCUT2D eigenvalue weighted by atomic mass is 10.2. The molecule has 1 heterocycles. The summed E-state index contributed by atoms with van der Waals surface area (Å²) in [5.74, 6) is 0.681. The van der Waals surface area contributed by atoms with Gasteiger partial charge in [0.15, 0.2) is 0 Å². The van der Waals surface area contributed by atoms with Gasteiger partial charge in [0.1, 0.15) is 0 Å². The Balaban J connectivity index is 2.24. The number of aryl methyl sites for hydroxylation is 1. The molecule has 13 heavy (non-hydrogen) atoms. The normalized spacial score (nSPS) is 12.8. The van der Waals surface area contributed by atoms with E-state index in [0.717, 1.165) is 19.4 Å². The Hall–Kier alpha value is -0.840. The molecule has 0 fully saturated rings. The second kappa shape index (κ2) is 5.01. The molecule has 0 spiro atoms. The van der Waals surface area contributed by atoms with Crippen molar-refractivity contribution in [1.29, 1.82) is 0 Å². The highest BCUT2D eigenvalue weighted by molar-refractivity contribution is 6.20. The minimum absolute atomic E-state index is 0.230. The zero-order chi connectivity index (χ0) is 9.68. The van der Waals surface area contributed by atoms with E-state index in [0.29, 0.717) is 5.95 Å². The lowest BCUT2D eigenvalue weighted by Crippen LogP contribution is -2.11. The Labute approximate surface area is 82.5 Å². The standard InChI is InChI=1S/C7H14ClN5/c1-3-6(8)4-5-9-7-10-11-12-13(7)2/h6H,3-5H2,1-2H3,(H,9,10,12). The van der Waals surface area contributed by atoms with E-state index in [1.165, 1.54) is 0 Å². The molecular formula is C7H14ClN5. The number of nitrogens with one attached hydrogen (secondary N) is 1. The van der Waals surface area contributed by atoms with Gasteiger partial charge in [0.25, 0.3) is 0 Å². The molecule has 0 aliphatic rings. The van der Waals surface area contributed by atoms with Crippen LogP contribution in [-0.2, 0) is 7.05 Å². The first-order valence-electron chi connectivity index (χ1n) is 4.34. The van der Waals surface area contributed by atoms with Crippen molar-refractivity contribution < 1.29 is 0 Å². The van der Waals surface area contributed by atoms with Crippen LogP contribution in [0.4, 0.5) is 5.95 Å². The van der Waals surface area contributed by atoms with Crippen molar-refractivity contribution in [3.63, 3.8) is 0 Å². The summed E-state index contributed by atoms with van der Waals surface area (Å²) < 4.78 is 1.59. The van der Waals surface area contributed by atoms with Crippen molar-refractivity contribution in [2.75, 3.05) is 11.9 Å². The minimum atomic E-state index is 0.230. The highest BCUT2D eigenvalue weighted by Gasteiger charge is 2.03. The number of hydrogen-bond donors (Lipinski definition) is 1. The zero-order valence-electron chi connectivity index (χ0n) is 7.87. The van der Waals surface area contributed by atoms with Crippen LogP contribution in [0.25, 0.3) is 0 Å². The SMILES string of the molecule is CCC(Cl)CCNc1nnnn1C. The Kier molecular flexibility index (Phi) is 3.95. The number of tetrazole rings is 1. The average Bonchev–Trinajstić information content (AvgIpc) is 2.52. The molecule has 0 bridgehead atoms. The molecule has 1 aromatic heterocycles. The van der Waals surface area contributed by atoms with Crippen LogP contribution in [-0.4, -0.2) is 32.1 Å². The van der Waals surface area contributed by atoms with Gasteiger partial charge in [-0.1, -0.05) is 12.0 Å². The molecule has 0 aromatic carbocycles. The smallest absolute Gasteiger partial charge is 0.242 e. The molecule has 1 N–H and O–H groups in total. The van der Waals surface area contributed by atoms with Gasteiger partial charge >= 0.3 is 0 Å². The topological polar surface area (TPSA) is 55.6 Å². The summed E-state index contributed by atoms with van der Waals surface area (Å²) in [6.07, 6.45) is 1.91. The van der Waals surface area contributed by atoms with Gasteiger partial charge in [-0.05, 0) is 23.3 Å². The van der Waals surface area contributed by atoms with Crippen molar-refractivity contribution in [2.45, 2.75) is 25.1 Å².